The zero-order chi connectivity index (χ0) is 13.4. The number of carboxylic acid groups (broad SMARTS) is 1. The second-order valence-electron chi connectivity index (χ2n) is 4.29. The van der Waals surface area contributed by atoms with Crippen molar-refractivity contribution in [1.82, 2.24) is 14.8 Å². The molecule has 19 heavy (non-hydrogen) atoms. The highest BCUT2D eigenvalue weighted by molar-refractivity contribution is 5.90. The number of nitrogens with one attached hydrogen (secondary N) is 1. The summed E-state index contributed by atoms with van der Waals surface area (Å²) in [5.74, 6) is 0.0440. The molecule has 1 aliphatic heterocycles. The lowest BCUT2D eigenvalue weighted by Gasteiger charge is -2.22. The van der Waals surface area contributed by atoms with Gasteiger partial charge in [-0.15, -0.1) is 0 Å². The molecular weight excluding hydrogens is 244 g/mol. The van der Waals surface area contributed by atoms with E-state index in [-0.39, 0.29) is 11.7 Å². The summed E-state index contributed by atoms with van der Waals surface area (Å²) in [6.07, 6.45) is 1.64. The van der Waals surface area contributed by atoms with Gasteiger partial charge in [0.05, 0.1) is 0 Å². The van der Waals surface area contributed by atoms with Crippen LogP contribution in [-0.2, 0) is 4.79 Å². The first-order chi connectivity index (χ1) is 9.15. The molecule has 0 radical (unpaired) electrons. The Hall–Kier alpha value is -2.63. The van der Waals surface area contributed by atoms with E-state index in [2.05, 4.69) is 15.4 Å². The minimum atomic E-state index is -1.01. The van der Waals surface area contributed by atoms with Crippen LogP contribution in [0.5, 0.6) is 0 Å². The van der Waals surface area contributed by atoms with Crippen molar-refractivity contribution >= 4 is 11.9 Å². The van der Waals surface area contributed by atoms with Gasteiger partial charge in [-0.1, -0.05) is 30.3 Å². The number of fused-ring (bicyclic) bond motifs is 1. The highest BCUT2D eigenvalue weighted by atomic mass is 16.4. The number of benzene rings is 1. The normalized spacial score (nSPS) is 17.3. The van der Waals surface area contributed by atoms with Gasteiger partial charge in [0.25, 0.3) is 0 Å². The lowest BCUT2D eigenvalue weighted by molar-refractivity contribution is -0.132. The zero-order valence-electron chi connectivity index (χ0n) is 10.2. The maximum absolute atomic E-state index is 11.2. The summed E-state index contributed by atoms with van der Waals surface area (Å²) in [4.78, 5) is 15.4. The van der Waals surface area contributed by atoms with E-state index < -0.39 is 5.97 Å². The predicted octanol–water partition coefficient (Wildman–Crippen LogP) is 1.57. The van der Waals surface area contributed by atoms with Gasteiger partial charge >= 0.3 is 5.97 Å². The summed E-state index contributed by atoms with van der Waals surface area (Å²) in [5.41, 5.74) is 1.09. The number of hydrogen-bond donors (Lipinski definition) is 2. The number of allylic oxidation sites excluding steroid dienone is 1. The van der Waals surface area contributed by atoms with E-state index in [9.17, 15) is 4.79 Å². The van der Waals surface area contributed by atoms with Gasteiger partial charge in [0.15, 0.2) is 0 Å². The first-order valence-electron chi connectivity index (χ1n) is 5.85. The summed E-state index contributed by atoms with van der Waals surface area (Å²) in [6.45, 7) is 1.77. The molecule has 6 nitrogen and oxygen atoms in total. The number of hydrogen-bond acceptors (Lipinski definition) is 4. The van der Waals surface area contributed by atoms with Crippen molar-refractivity contribution in [3.05, 3.63) is 53.5 Å². The number of rotatable bonds is 2. The molecule has 0 spiro atoms. The predicted molar refractivity (Wildman–Crippen MR) is 68.7 cm³/mol. The third kappa shape index (κ3) is 1.97. The maximum atomic E-state index is 11.2. The molecule has 0 amide bonds. The average Bonchev–Trinajstić information content (AvgIpc) is 2.78. The molecule has 0 bridgehead atoms. The molecule has 0 fully saturated rings. The Morgan fingerprint density at radius 3 is 2.79 bits per heavy atom. The van der Waals surface area contributed by atoms with Crippen LogP contribution in [0.25, 0.3) is 0 Å². The van der Waals surface area contributed by atoms with Crippen molar-refractivity contribution in [3.8, 4) is 0 Å². The van der Waals surface area contributed by atoms with Gasteiger partial charge in [-0.2, -0.15) is 10.1 Å². The van der Waals surface area contributed by atoms with E-state index >= 15 is 0 Å². The van der Waals surface area contributed by atoms with Crippen molar-refractivity contribution in [2.75, 3.05) is 5.32 Å². The molecule has 1 atom stereocenters. The van der Waals surface area contributed by atoms with Crippen LogP contribution >= 0.6 is 0 Å². The molecule has 1 aromatic heterocycles. The monoisotopic (exact) mass is 256 g/mol. The molecule has 0 saturated heterocycles. The molecule has 6 heteroatoms. The van der Waals surface area contributed by atoms with E-state index in [1.807, 2.05) is 30.3 Å². The fourth-order valence-electron chi connectivity index (χ4n) is 2.11. The minimum absolute atomic E-state index is 0.119. The van der Waals surface area contributed by atoms with Crippen LogP contribution in [0.2, 0.25) is 0 Å². The second kappa shape index (κ2) is 4.24. The van der Waals surface area contributed by atoms with Crippen LogP contribution < -0.4 is 5.32 Å². The third-order valence-electron chi connectivity index (χ3n) is 2.94. The Labute approximate surface area is 109 Å². The largest absolute Gasteiger partial charge is 0.477 e. The molecule has 0 saturated carbocycles. The standard InChI is InChI=1S/C13H12N4O2/c1-8-14-13-15-10(12(18)19)7-11(17(13)16-8)9-5-3-2-4-6-9/h2-7,11H,1H3,(H,18,19)(H,14,15,16)/t11-/m1/s1. The van der Waals surface area contributed by atoms with Crippen molar-refractivity contribution < 1.29 is 9.90 Å². The van der Waals surface area contributed by atoms with Crippen molar-refractivity contribution in [3.63, 3.8) is 0 Å². The Morgan fingerprint density at radius 2 is 2.11 bits per heavy atom. The van der Waals surface area contributed by atoms with Crippen LogP contribution in [0, 0.1) is 6.92 Å². The van der Waals surface area contributed by atoms with Crippen molar-refractivity contribution in [1.29, 1.82) is 0 Å². The molecule has 1 aliphatic rings. The fraction of sp³-hybridized carbons (Fsp3) is 0.154. The van der Waals surface area contributed by atoms with Gasteiger partial charge in [0.2, 0.25) is 5.95 Å². The second-order valence-corrected chi connectivity index (χ2v) is 4.29. The molecule has 2 aromatic rings. The van der Waals surface area contributed by atoms with Gasteiger partial charge < -0.3 is 10.4 Å². The van der Waals surface area contributed by atoms with Crippen LogP contribution in [-0.4, -0.2) is 25.8 Å². The van der Waals surface area contributed by atoms with Crippen LogP contribution in [0.1, 0.15) is 17.4 Å². The van der Waals surface area contributed by atoms with E-state index in [1.54, 1.807) is 17.7 Å². The first kappa shape index (κ1) is 11.5. The van der Waals surface area contributed by atoms with Crippen LogP contribution in [0.4, 0.5) is 5.95 Å². The third-order valence-corrected chi connectivity index (χ3v) is 2.94. The van der Waals surface area contributed by atoms with E-state index in [0.29, 0.717) is 11.8 Å². The Balaban J connectivity index is 2.13. The van der Waals surface area contributed by atoms with Gasteiger partial charge in [-0.25, -0.2) is 9.48 Å². The lowest BCUT2D eigenvalue weighted by Crippen LogP contribution is -2.24. The Bertz CT molecular complexity index is 661. The lowest BCUT2D eigenvalue weighted by atomic mass is 10.0. The topological polar surface area (TPSA) is 80.0 Å². The van der Waals surface area contributed by atoms with Gasteiger partial charge in [0.1, 0.15) is 17.6 Å². The minimum Gasteiger partial charge on any atom is -0.477 e. The van der Waals surface area contributed by atoms with Crippen LogP contribution in [0.15, 0.2) is 42.1 Å². The Morgan fingerprint density at radius 1 is 1.37 bits per heavy atom. The van der Waals surface area contributed by atoms with Crippen LogP contribution in [0.3, 0.4) is 0 Å². The molecule has 0 aliphatic carbocycles. The highest BCUT2D eigenvalue weighted by Crippen LogP contribution is 2.28. The molecule has 2 N–H and O–H groups in total. The quantitative estimate of drug-likeness (QED) is 0.852. The zero-order valence-corrected chi connectivity index (χ0v) is 10.2. The summed E-state index contributed by atoms with van der Waals surface area (Å²) in [7, 11) is 0. The number of carboxylic acids is 1. The van der Waals surface area contributed by atoms with Crippen molar-refractivity contribution in [2.24, 2.45) is 0 Å². The summed E-state index contributed by atoms with van der Waals surface area (Å²) in [5, 5.41) is 16.2. The summed E-state index contributed by atoms with van der Waals surface area (Å²) in [6, 6.07) is 9.36. The van der Waals surface area contributed by atoms with Gasteiger partial charge in [0, 0.05) is 0 Å². The van der Waals surface area contributed by atoms with Gasteiger partial charge in [-0.3, -0.25) is 0 Å². The number of aliphatic carboxylic acids is 1. The number of nitrogens with zero attached hydrogens (tertiary/aromatic N) is 3. The molecular formula is C13H12N4O2. The van der Waals surface area contributed by atoms with Crippen molar-refractivity contribution in [2.45, 2.75) is 13.0 Å². The summed E-state index contributed by atoms with van der Waals surface area (Å²) < 4.78 is 1.69. The van der Waals surface area contributed by atoms with Gasteiger partial charge in [-0.05, 0) is 18.6 Å². The highest BCUT2D eigenvalue weighted by Gasteiger charge is 2.26. The summed E-state index contributed by atoms with van der Waals surface area (Å²) >= 11 is 0. The molecule has 96 valence electrons. The smallest absolute Gasteiger partial charge is 0.352 e. The number of aryl methyl sites for hydroxylation is 1. The van der Waals surface area contributed by atoms with E-state index in [0.717, 1.165) is 5.56 Å². The Kier molecular flexibility index (Phi) is 2.56. The fourth-order valence-corrected chi connectivity index (χ4v) is 2.11. The number of carbonyl (C=O) groups is 1. The molecule has 1 aromatic carbocycles. The average molecular weight is 256 g/mol. The SMILES string of the molecule is Cc1nc2n(n1)[C@@H](c1ccccc1)C=C(C(=O)O)N2. The molecule has 2 heterocycles. The number of aromatic nitrogens is 3. The molecule has 0 unspecified atom stereocenters. The maximum Gasteiger partial charge on any atom is 0.352 e. The first-order valence-corrected chi connectivity index (χ1v) is 5.85. The van der Waals surface area contributed by atoms with E-state index in [4.69, 9.17) is 5.11 Å². The number of anilines is 1. The molecule has 3 rings (SSSR count). The van der Waals surface area contributed by atoms with E-state index in [1.165, 1.54) is 0 Å².